The van der Waals surface area contributed by atoms with Crippen molar-refractivity contribution in [3.8, 4) is 0 Å². The molecule has 1 aliphatic heterocycles. The van der Waals surface area contributed by atoms with E-state index < -0.39 is 0 Å². The molecule has 0 radical (unpaired) electrons. The number of carbonyl (C=O) groups excluding carboxylic acids is 1. The van der Waals surface area contributed by atoms with E-state index in [4.69, 9.17) is 4.74 Å². The van der Waals surface area contributed by atoms with E-state index in [1.54, 1.807) is 17.6 Å². The number of aromatic nitrogens is 3. The van der Waals surface area contributed by atoms with E-state index >= 15 is 0 Å². The normalized spacial score (nSPS) is 14.4. The van der Waals surface area contributed by atoms with Crippen LogP contribution in [0.1, 0.15) is 55.7 Å². The molecule has 0 N–H and O–H groups in total. The summed E-state index contributed by atoms with van der Waals surface area (Å²) in [6.45, 7) is 11.8. The average molecular weight is 316 g/mol. The molecule has 6 heteroatoms. The summed E-state index contributed by atoms with van der Waals surface area (Å²) in [5.74, 6) is 0.698. The van der Waals surface area contributed by atoms with Crippen molar-refractivity contribution in [2.75, 3.05) is 18.1 Å². The van der Waals surface area contributed by atoms with Crippen molar-refractivity contribution in [3.05, 3.63) is 23.0 Å². The quantitative estimate of drug-likeness (QED) is 0.812. The Kier molecular flexibility index (Phi) is 3.78. The topological polar surface area (TPSA) is 59.7 Å². The smallest absolute Gasteiger partial charge is 0.343 e. The van der Waals surface area contributed by atoms with E-state index in [0.29, 0.717) is 17.8 Å². The summed E-state index contributed by atoms with van der Waals surface area (Å²) in [4.78, 5) is 19.1. The minimum absolute atomic E-state index is 0.0298. The predicted octanol–water partition coefficient (Wildman–Crippen LogP) is 2.77. The Balaban J connectivity index is 2.20. The van der Waals surface area contributed by atoms with Gasteiger partial charge in [-0.25, -0.2) is 9.78 Å². The molecule has 2 aromatic rings. The molecule has 1 aliphatic rings. The molecule has 0 aromatic carbocycles. The lowest BCUT2D eigenvalue weighted by Crippen LogP contribution is -2.43. The predicted molar refractivity (Wildman–Crippen MR) is 89.1 cm³/mol. The molecule has 2 aromatic heterocycles. The molecule has 0 saturated heterocycles. The van der Waals surface area contributed by atoms with Crippen molar-refractivity contribution in [1.29, 1.82) is 0 Å². The minimum atomic E-state index is -0.367. The number of anilines is 1. The van der Waals surface area contributed by atoms with Gasteiger partial charge in [0.1, 0.15) is 11.4 Å². The van der Waals surface area contributed by atoms with Gasteiger partial charge in [0.25, 0.3) is 0 Å². The lowest BCUT2D eigenvalue weighted by atomic mass is 10.00. The second kappa shape index (κ2) is 5.51. The van der Waals surface area contributed by atoms with Crippen molar-refractivity contribution in [1.82, 2.24) is 14.6 Å². The number of fused-ring (bicyclic) bond motifs is 3. The van der Waals surface area contributed by atoms with E-state index in [1.807, 2.05) is 6.92 Å². The summed E-state index contributed by atoms with van der Waals surface area (Å²) in [6, 6.07) is 0. The Bertz CT molecular complexity index is 764. The van der Waals surface area contributed by atoms with Crippen molar-refractivity contribution >= 4 is 17.4 Å². The molecule has 23 heavy (non-hydrogen) atoms. The largest absolute Gasteiger partial charge is 0.462 e. The zero-order valence-electron chi connectivity index (χ0n) is 14.5. The average Bonchev–Trinajstić information content (AvgIpc) is 3.11. The molecular formula is C17H24N4O2. The lowest BCUT2D eigenvalue weighted by Gasteiger charge is -2.37. The number of nitrogens with zero attached hydrogens (tertiary/aromatic N) is 4. The number of rotatable bonds is 4. The van der Waals surface area contributed by atoms with Gasteiger partial charge in [-0.1, -0.05) is 6.92 Å². The summed E-state index contributed by atoms with van der Waals surface area (Å²) in [5.41, 5.74) is 3.23. The van der Waals surface area contributed by atoms with Crippen LogP contribution in [0.25, 0.3) is 5.65 Å². The van der Waals surface area contributed by atoms with E-state index in [1.165, 1.54) is 5.56 Å². The highest BCUT2D eigenvalue weighted by Gasteiger charge is 2.35. The van der Waals surface area contributed by atoms with E-state index in [9.17, 15) is 4.79 Å². The third kappa shape index (κ3) is 2.36. The molecule has 3 rings (SSSR count). The van der Waals surface area contributed by atoms with Crippen LogP contribution in [-0.4, -0.2) is 39.3 Å². The van der Waals surface area contributed by atoms with Crippen molar-refractivity contribution in [3.63, 3.8) is 0 Å². The third-order valence-corrected chi connectivity index (χ3v) is 4.86. The van der Waals surface area contributed by atoms with Crippen LogP contribution in [0, 0.1) is 6.92 Å². The highest BCUT2D eigenvalue weighted by atomic mass is 16.5. The Hall–Kier alpha value is -2.11. The first kappa shape index (κ1) is 15.8. The van der Waals surface area contributed by atoms with Crippen LogP contribution in [0.15, 0.2) is 6.20 Å². The standard InChI is InChI=1S/C17H24N4O2/c1-6-17(4,5)20-9-8-12-11(3)19-14-13(16(22)23-7-2)10-18-21(14)15(12)20/h10H,6-9H2,1-5H3. The Morgan fingerprint density at radius 2 is 2.13 bits per heavy atom. The molecule has 0 saturated carbocycles. The summed E-state index contributed by atoms with van der Waals surface area (Å²) in [7, 11) is 0. The summed E-state index contributed by atoms with van der Waals surface area (Å²) >= 11 is 0. The number of carbonyl (C=O) groups is 1. The minimum Gasteiger partial charge on any atom is -0.462 e. The molecule has 0 aliphatic carbocycles. The molecule has 0 unspecified atom stereocenters. The van der Waals surface area contributed by atoms with Gasteiger partial charge in [-0.15, -0.1) is 0 Å². The van der Waals surface area contributed by atoms with Crippen LogP contribution in [0.3, 0.4) is 0 Å². The third-order valence-electron chi connectivity index (χ3n) is 4.86. The van der Waals surface area contributed by atoms with Gasteiger partial charge in [0.05, 0.1) is 12.8 Å². The zero-order valence-corrected chi connectivity index (χ0v) is 14.5. The molecule has 0 bridgehead atoms. The molecule has 0 amide bonds. The number of esters is 1. The number of ether oxygens (including phenoxy) is 1. The SMILES string of the molecule is CCOC(=O)c1cnn2c3c(c(C)nc12)CCN3C(C)(C)CC. The maximum Gasteiger partial charge on any atom is 0.343 e. The van der Waals surface area contributed by atoms with Crippen LogP contribution < -0.4 is 4.90 Å². The first-order valence-corrected chi connectivity index (χ1v) is 8.22. The van der Waals surface area contributed by atoms with Gasteiger partial charge in [-0.05, 0) is 40.5 Å². The van der Waals surface area contributed by atoms with Crippen molar-refractivity contribution in [2.24, 2.45) is 0 Å². The summed E-state index contributed by atoms with van der Waals surface area (Å²) in [5, 5.41) is 4.44. The first-order chi connectivity index (χ1) is 10.9. The van der Waals surface area contributed by atoms with Crippen molar-refractivity contribution in [2.45, 2.75) is 53.0 Å². The first-order valence-electron chi connectivity index (χ1n) is 8.22. The van der Waals surface area contributed by atoms with Crippen LogP contribution in [0.2, 0.25) is 0 Å². The number of aryl methyl sites for hydroxylation is 1. The van der Waals surface area contributed by atoms with Crippen LogP contribution >= 0.6 is 0 Å². The molecule has 6 nitrogen and oxygen atoms in total. The summed E-state index contributed by atoms with van der Waals surface area (Å²) < 4.78 is 6.93. The lowest BCUT2D eigenvalue weighted by molar-refractivity contribution is 0.0528. The second-order valence-corrected chi connectivity index (χ2v) is 6.58. The van der Waals surface area contributed by atoms with Crippen LogP contribution in [-0.2, 0) is 11.2 Å². The fourth-order valence-corrected chi connectivity index (χ4v) is 3.15. The maximum absolute atomic E-state index is 12.1. The summed E-state index contributed by atoms with van der Waals surface area (Å²) in [6.07, 6.45) is 3.55. The van der Waals surface area contributed by atoms with E-state index in [-0.39, 0.29) is 11.5 Å². The van der Waals surface area contributed by atoms with Gasteiger partial charge in [-0.3, -0.25) is 0 Å². The Morgan fingerprint density at radius 3 is 2.78 bits per heavy atom. The highest BCUT2D eigenvalue weighted by molar-refractivity contribution is 5.96. The maximum atomic E-state index is 12.1. The van der Waals surface area contributed by atoms with Crippen LogP contribution in [0.4, 0.5) is 5.82 Å². The fourth-order valence-electron chi connectivity index (χ4n) is 3.15. The number of hydrogen-bond acceptors (Lipinski definition) is 5. The Morgan fingerprint density at radius 1 is 1.39 bits per heavy atom. The van der Waals surface area contributed by atoms with Gasteiger partial charge >= 0.3 is 5.97 Å². The molecule has 0 atom stereocenters. The number of hydrogen-bond donors (Lipinski definition) is 0. The zero-order chi connectivity index (χ0) is 16.8. The molecule has 3 heterocycles. The molecule has 124 valence electrons. The molecular weight excluding hydrogens is 292 g/mol. The van der Waals surface area contributed by atoms with Gasteiger partial charge < -0.3 is 9.64 Å². The van der Waals surface area contributed by atoms with Gasteiger partial charge in [0, 0.05) is 23.3 Å². The van der Waals surface area contributed by atoms with E-state index in [2.05, 4.69) is 35.8 Å². The van der Waals surface area contributed by atoms with E-state index in [0.717, 1.165) is 30.9 Å². The fraction of sp³-hybridized carbons (Fsp3) is 0.588. The molecule has 0 fully saturated rings. The molecule has 0 spiro atoms. The van der Waals surface area contributed by atoms with Crippen molar-refractivity contribution < 1.29 is 9.53 Å². The highest BCUT2D eigenvalue weighted by Crippen LogP contribution is 2.36. The van der Waals surface area contributed by atoms with Gasteiger partial charge in [0.15, 0.2) is 5.65 Å². The van der Waals surface area contributed by atoms with Crippen LogP contribution in [0.5, 0.6) is 0 Å². The second-order valence-electron chi connectivity index (χ2n) is 6.58. The Labute approximate surface area is 136 Å². The monoisotopic (exact) mass is 316 g/mol. The van der Waals surface area contributed by atoms with Gasteiger partial charge in [0.2, 0.25) is 0 Å². The van der Waals surface area contributed by atoms with Gasteiger partial charge in [-0.2, -0.15) is 9.61 Å².